The van der Waals surface area contributed by atoms with E-state index < -0.39 is 123 Å². The van der Waals surface area contributed by atoms with Gasteiger partial charge in [-0.05, 0) is 78.7 Å². The van der Waals surface area contributed by atoms with Gasteiger partial charge in [0.15, 0.2) is 11.4 Å². The lowest BCUT2D eigenvalue weighted by atomic mass is 9.44. The van der Waals surface area contributed by atoms with Crippen molar-refractivity contribution >= 4 is 35.9 Å². The average molecular weight is 830 g/mol. The van der Waals surface area contributed by atoms with Crippen LogP contribution in [0, 0.1) is 22.2 Å². The second kappa shape index (κ2) is 14.3. The van der Waals surface area contributed by atoms with Gasteiger partial charge in [0, 0.05) is 18.3 Å². The van der Waals surface area contributed by atoms with Gasteiger partial charge in [0.1, 0.15) is 35.1 Å². The van der Waals surface area contributed by atoms with Crippen LogP contribution in [0.15, 0.2) is 41.5 Å². The van der Waals surface area contributed by atoms with Gasteiger partial charge in [0.05, 0.1) is 48.2 Å². The van der Waals surface area contributed by atoms with Crippen LogP contribution in [-0.4, -0.2) is 124 Å². The first kappa shape index (κ1) is 44.0. The van der Waals surface area contributed by atoms with Crippen LogP contribution in [-0.2, 0) is 47.5 Å². The van der Waals surface area contributed by atoms with E-state index in [9.17, 15) is 39.3 Å². The van der Waals surface area contributed by atoms with E-state index in [0.717, 1.165) is 7.11 Å². The number of esters is 3. The van der Waals surface area contributed by atoms with E-state index in [2.05, 4.69) is 5.32 Å². The van der Waals surface area contributed by atoms with Gasteiger partial charge < -0.3 is 53.8 Å². The number of carbonyl (C=O) groups excluding carboxylic acids is 6. The standard InChI is InChI=1S/C42H55NO16/c1-20-24-25(45)29(46)40(10)22(44)17-23-41(19-54-23,59-35(51)53-11)27(40)30(56-31(47)21-15-13-12-14-16-21)42(52,38(24,7)8)18-39(20,9)57-32(48)26-28(37(5,6)33(49)55-26)43-34(50)58-36(2,3)4/h12-16,22-23,25-28,30,44-45,52H,17-19H2,1-11H3,(H,43,50)/t22?,23-,25-,26?,27?,28-,30+,39+,40-,41+,42-/m1/s1. The second-order valence-corrected chi connectivity index (χ2v) is 18.9. The summed E-state index contributed by atoms with van der Waals surface area (Å²) < 4.78 is 40.1. The molecule has 59 heavy (non-hydrogen) atoms. The molecular weight excluding hydrogens is 774 g/mol. The van der Waals surface area contributed by atoms with Crippen LogP contribution in [0.2, 0.25) is 0 Å². The number of rotatable bonds is 6. The number of carbonyl (C=O) groups is 6. The highest BCUT2D eigenvalue weighted by molar-refractivity contribution is 5.94. The molecule has 2 bridgehead atoms. The summed E-state index contributed by atoms with van der Waals surface area (Å²) in [6, 6.07) is 6.48. The molecule has 17 nitrogen and oxygen atoms in total. The lowest BCUT2D eigenvalue weighted by Gasteiger charge is -2.67. The Morgan fingerprint density at radius 1 is 0.949 bits per heavy atom. The highest BCUT2D eigenvalue weighted by atomic mass is 16.8. The summed E-state index contributed by atoms with van der Waals surface area (Å²) in [4.78, 5) is 82.8. The van der Waals surface area contributed by atoms with E-state index in [4.69, 9.17) is 33.2 Å². The smallest absolute Gasteiger partial charge is 0.455 e. The van der Waals surface area contributed by atoms with Gasteiger partial charge in [-0.1, -0.05) is 32.0 Å². The molecule has 4 N–H and O–H groups in total. The molecule has 3 unspecified atom stereocenters. The first-order valence-electron chi connectivity index (χ1n) is 19.5. The zero-order valence-electron chi connectivity index (χ0n) is 35.2. The highest BCUT2D eigenvalue weighted by Crippen LogP contribution is 2.65. The van der Waals surface area contributed by atoms with Gasteiger partial charge in [-0.3, -0.25) is 9.59 Å². The third-order valence-corrected chi connectivity index (χ3v) is 13.5. The Kier molecular flexibility index (Phi) is 10.6. The number of aliphatic hydroxyl groups is 3. The van der Waals surface area contributed by atoms with Gasteiger partial charge in [-0.15, -0.1) is 0 Å². The molecule has 3 aliphatic carbocycles. The highest BCUT2D eigenvalue weighted by Gasteiger charge is 2.79. The number of benzene rings is 1. The fraction of sp³-hybridized carbons (Fsp3) is 0.667. The molecule has 6 rings (SSSR count). The maximum atomic E-state index is 15.1. The maximum Gasteiger partial charge on any atom is 0.508 e. The molecular formula is C42H55NO16. The molecule has 5 aliphatic rings. The zero-order chi connectivity index (χ0) is 44.1. The van der Waals surface area contributed by atoms with Crippen LogP contribution in [0.25, 0.3) is 0 Å². The molecule has 11 atom stereocenters. The molecule has 2 aliphatic heterocycles. The van der Waals surface area contributed by atoms with Crippen LogP contribution in [0.5, 0.6) is 0 Å². The van der Waals surface area contributed by atoms with E-state index >= 15 is 4.79 Å². The molecule has 324 valence electrons. The fourth-order valence-electron chi connectivity index (χ4n) is 9.92. The van der Waals surface area contributed by atoms with Crippen molar-refractivity contribution in [2.24, 2.45) is 22.2 Å². The molecule has 4 fully saturated rings. The van der Waals surface area contributed by atoms with Gasteiger partial charge in [-0.25, -0.2) is 19.2 Å². The van der Waals surface area contributed by atoms with Crippen molar-refractivity contribution < 1.29 is 77.2 Å². The summed E-state index contributed by atoms with van der Waals surface area (Å²) >= 11 is 0. The van der Waals surface area contributed by atoms with Crippen molar-refractivity contribution in [3.63, 3.8) is 0 Å². The Morgan fingerprint density at radius 2 is 1.58 bits per heavy atom. The van der Waals surface area contributed by atoms with Crippen LogP contribution in [0.4, 0.5) is 9.59 Å². The summed E-state index contributed by atoms with van der Waals surface area (Å²) in [5, 5.41) is 40.4. The number of methoxy groups -OCH3 is 1. The Hall–Kier alpha value is -4.58. The van der Waals surface area contributed by atoms with Crippen LogP contribution >= 0.6 is 0 Å². The lowest BCUT2D eigenvalue weighted by molar-refractivity contribution is -0.345. The van der Waals surface area contributed by atoms with Crippen molar-refractivity contribution in [2.45, 2.75) is 141 Å². The third kappa shape index (κ3) is 6.68. The van der Waals surface area contributed by atoms with E-state index in [-0.39, 0.29) is 29.7 Å². The molecule has 2 saturated heterocycles. The van der Waals surface area contributed by atoms with Crippen LogP contribution in [0.1, 0.15) is 92.4 Å². The summed E-state index contributed by atoms with van der Waals surface area (Å²) in [5.74, 6) is -5.51. The number of aliphatic hydroxyl groups excluding tert-OH is 2. The number of ether oxygens (including phenoxy) is 7. The Morgan fingerprint density at radius 3 is 2.14 bits per heavy atom. The average Bonchev–Trinajstić information content (AvgIpc) is 3.36. The second-order valence-electron chi connectivity index (χ2n) is 18.9. The number of cyclic esters (lactones) is 1. The summed E-state index contributed by atoms with van der Waals surface area (Å²) in [5.41, 5.74) is -12.3. The monoisotopic (exact) mass is 829 g/mol. The van der Waals surface area contributed by atoms with Crippen LogP contribution < -0.4 is 5.32 Å². The first-order valence-corrected chi connectivity index (χ1v) is 19.5. The normalized spacial score (nSPS) is 38.2. The van der Waals surface area contributed by atoms with Crippen molar-refractivity contribution in [3.8, 4) is 0 Å². The van der Waals surface area contributed by atoms with Gasteiger partial charge in [0.25, 0.3) is 0 Å². The number of amides is 1. The van der Waals surface area contributed by atoms with Crippen molar-refractivity contribution in [2.75, 3.05) is 13.7 Å². The topological polar surface area (TPSA) is 240 Å². The third-order valence-electron chi connectivity index (χ3n) is 13.5. The number of alkyl carbamates (subject to hydrolysis) is 1. The molecule has 1 aromatic rings. The Bertz CT molecular complexity index is 1970. The summed E-state index contributed by atoms with van der Waals surface area (Å²) in [7, 11) is 1.07. The Balaban J connectivity index is 1.53. The number of Topliss-reactive ketones (excluding diaryl/α,β-unsaturated/α-hetero) is 1. The van der Waals surface area contributed by atoms with Gasteiger partial charge in [-0.2, -0.15) is 0 Å². The quantitative estimate of drug-likeness (QED) is 0.183. The molecule has 1 amide bonds. The van der Waals surface area contributed by atoms with Gasteiger partial charge in [0.2, 0.25) is 6.10 Å². The number of fused-ring (bicyclic) bond motifs is 5. The molecule has 1 aromatic carbocycles. The molecule has 0 radical (unpaired) electrons. The minimum Gasteiger partial charge on any atom is -0.455 e. The molecule has 2 saturated carbocycles. The first-order chi connectivity index (χ1) is 27.1. The minimum atomic E-state index is -2.43. The predicted molar refractivity (Wildman–Crippen MR) is 202 cm³/mol. The summed E-state index contributed by atoms with van der Waals surface area (Å²) in [6.07, 6.45) is -11.3. The van der Waals surface area contributed by atoms with Gasteiger partial charge >= 0.3 is 30.2 Å². The number of nitrogens with one attached hydrogen (secondary N) is 1. The maximum absolute atomic E-state index is 15.1. The minimum absolute atomic E-state index is 0.0517. The number of hydrogen-bond donors (Lipinski definition) is 4. The van der Waals surface area contributed by atoms with Crippen molar-refractivity contribution in [1.82, 2.24) is 5.32 Å². The van der Waals surface area contributed by atoms with E-state index in [1.807, 2.05) is 0 Å². The number of ketones is 1. The lowest BCUT2D eigenvalue weighted by Crippen LogP contribution is -2.82. The SMILES string of the molecule is COC(=O)O[C@@]12CO[C@@H]1CC(O)[C@@]1(C)C(=O)[C@H](O)C3=C(C)[C@@](C)(OC(=O)C4OC(=O)C(C)(C)[C@@H]4NC(=O)OC(C)(C)C)C[C@@](O)([C@@H](OC(=O)c4ccccc4)C12)C3(C)C. The molecule has 17 heteroatoms. The van der Waals surface area contributed by atoms with E-state index in [1.54, 1.807) is 39.0 Å². The van der Waals surface area contributed by atoms with Crippen LogP contribution in [0.3, 0.4) is 0 Å². The predicted octanol–water partition coefficient (Wildman–Crippen LogP) is 3.09. The zero-order valence-corrected chi connectivity index (χ0v) is 35.2. The molecule has 2 heterocycles. The van der Waals surface area contributed by atoms with E-state index in [0.29, 0.717) is 0 Å². The Labute approximate surface area is 342 Å². The molecule has 0 spiro atoms. The van der Waals surface area contributed by atoms with Crippen molar-refractivity contribution in [1.29, 1.82) is 0 Å². The largest absolute Gasteiger partial charge is 0.508 e. The van der Waals surface area contributed by atoms with Crippen molar-refractivity contribution in [3.05, 3.63) is 47.0 Å². The number of hydrogen-bond acceptors (Lipinski definition) is 16. The molecule has 0 aromatic heterocycles. The van der Waals surface area contributed by atoms with E-state index in [1.165, 1.54) is 60.6 Å². The summed E-state index contributed by atoms with van der Waals surface area (Å²) in [6.45, 7) is 14.8. The fourth-order valence-corrected chi connectivity index (χ4v) is 9.92.